The number of fused-ring (bicyclic) bond motifs is 2. The molecule has 0 saturated heterocycles. The number of imidazole rings is 1. The Hall–Kier alpha value is -4.29. The summed E-state index contributed by atoms with van der Waals surface area (Å²) < 4.78 is 76.0. The van der Waals surface area contributed by atoms with Crippen molar-refractivity contribution in [2.75, 3.05) is 11.4 Å². The molecule has 0 amide bonds. The molecule has 0 saturated carbocycles. The van der Waals surface area contributed by atoms with Gasteiger partial charge < -0.3 is 14.3 Å². The Bertz CT molecular complexity index is 1530. The van der Waals surface area contributed by atoms with E-state index in [4.69, 9.17) is 4.42 Å². The number of nitrogens with one attached hydrogen (secondary N) is 1. The van der Waals surface area contributed by atoms with Gasteiger partial charge in [-0.1, -0.05) is 11.2 Å². The van der Waals surface area contributed by atoms with Crippen molar-refractivity contribution < 1.29 is 26.4 Å². The van der Waals surface area contributed by atoms with Crippen LogP contribution in [-0.2, 0) is 12.6 Å². The Morgan fingerprint density at radius 1 is 1.06 bits per heavy atom. The monoisotopic (exact) mass is 487 g/mol. The minimum Gasteiger partial charge on any atom is -0.403 e. The maximum absolute atomic E-state index is 14.2. The minimum absolute atomic E-state index is 0.0746. The molecule has 35 heavy (non-hydrogen) atoms. The van der Waals surface area contributed by atoms with Crippen LogP contribution in [0.4, 0.5) is 28.0 Å². The molecule has 8 nitrogen and oxygen atoms in total. The number of hydrogen-bond acceptors (Lipinski definition) is 6. The van der Waals surface area contributed by atoms with Crippen molar-refractivity contribution in [3.63, 3.8) is 0 Å². The van der Waals surface area contributed by atoms with Crippen molar-refractivity contribution in [1.29, 1.82) is 0 Å². The van der Waals surface area contributed by atoms with Gasteiger partial charge in [-0.05, 0) is 30.3 Å². The second-order valence-electron chi connectivity index (χ2n) is 7.92. The molecule has 0 radical (unpaired) electrons. The topological polar surface area (TPSA) is 88.1 Å². The Morgan fingerprint density at radius 3 is 2.63 bits per heavy atom. The van der Waals surface area contributed by atoms with Gasteiger partial charge in [-0.15, -0.1) is 5.10 Å². The minimum atomic E-state index is -4.57. The molecule has 13 heteroatoms. The summed E-state index contributed by atoms with van der Waals surface area (Å²) in [7, 11) is 0. The van der Waals surface area contributed by atoms with E-state index in [1.807, 2.05) is 0 Å². The number of aromatic amines is 1. The zero-order valence-electron chi connectivity index (χ0n) is 17.6. The standard InChI is InChI=1S/C22H14F5N7O/c23-12-4-1-5-13(24)17(12)20-30-31-21(35-20)33-8-6-14-18(29-10-28-14)19(33)15-9-16-11(22(25,26)27)3-2-7-34(16)32-15/h1-5,7,9-10,19H,6,8H2,(H,28,29)/t19-/m0/s1. The lowest BCUT2D eigenvalue weighted by molar-refractivity contribution is -0.136. The van der Waals surface area contributed by atoms with Crippen LogP contribution in [0.2, 0.25) is 0 Å². The molecule has 1 aliphatic rings. The maximum atomic E-state index is 14.2. The summed E-state index contributed by atoms with van der Waals surface area (Å²) in [5.74, 6) is -2.11. The van der Waals surface area contributed by atoms with Crippen molar-refractivity contribution in [3.05, 3.63) is 83.2 Å². The van der Waals surface area contributed by atoms with E-state index in [1.54, 1.807) is 4.90 Å². The highest BCUT2D eigenvalue weighted by molar-refractivity contribution is 5.59. The van der Waals surface area contributed by atoms with E-state index in [9.17, 15) is 22.0 Å². The van der Waals surface area contributed by atoms with Gasteiger partial charge in [0.05, 0.1) is 28.8 Å². The largest absolute Gasteiger partial charge is 0.418 e. The Morgan fingerprint density at radius 2 is 1.86 bits per heavy atom. The predicted molar refractivity (Wildman–Crippen MR) is 111 cm³/mol. The molecule has 1 atom stereocenters. The average Bonchev–Trinajstić information content (AvgIpc) is 3.56. The van der Waals surface area contributed by atoms with Gasteiger partial charge in [-0.2, -0.15) is 18.3 Å². The molecule has 0 spiro atoms. The molecule has 178 valence electrons. The van der Waals surface area contributed by atoms with Gasteiger partial charge in [0.25, 0.3) is 5.89 Å². The first-order valence-corrected chi connectivity index (χ1v) is 10.4. The second kappa shape index (κ2) is 7.61. The van der Waals surface area contributed by atoms with E-state index in [1.165, 1.54) is 30.7 Å². The fourth-order valence-corrected chi connectivity index (χ4v) is 4.32. The van der Waals surface area contributed by atoms with Gasteiger partial charge in [-0.25, -0.2) is 18.3 Å². The van der Waals surface area contributed by atoms with Crippen molar-refractivity contribution in [2.45, 2.75) is 18.6 Å². The lowest BCUT2D eigenvalue weighted by Crippen LogP contribution is -2.36. The number of benzene rings is 1. The van der Waals surface area contributed by atoms with Crippen molar-refractivity contribution in [1.82, 2.24) is 29.8 Å². The third-order valence-corrected chi connectivity index (χ3v) is 5.87. The van der Waals surface area contributed by atoms with Gasteiger partial charge in [0, 0.05) is 24.9 Å². The second-order valence-corrected chi connectivity index (χ2v) is 7.92. The van der Waals surface area contributed by atoms with E-state index in [0.717, 1.165) is 28.4 Å². The first-order chi connectivity index (χ1) is 16.8. The Labute approximate surface area is 193 Å². The molecular weight excluding hydrogens is 473 g/mol. The van der Waals surface area contributed by atoms with Crippen LogP contribution in [-0.4, -0.2) is 36.3 Å². The highest BCUT2D eigenvalue weighted by atomic mass is 19.4. The summed E-state index contributed by atoms with van der Waals surface area (Å²) in [6, 6.07) is 6.06. The SMILES string of the molecule is Fc1cccc(F)c1-c1nnc(N2CCc3[nH]cnc3[C@@H]2c2cc3c(C(F)(F)F)cccn3n2)o1. The first-order valence-electron chi connectivity index (χ1n) is 10.4. The Balaban J connectivity index is 1.47. The van der Waals surface area contributed by atoms with Gasteiger partial charge in [0.1, 0.15) is 23.2 Å². The Kier molecular flexibility index (Phi) is 4.62. The van der Waals surface area contributed by atoms with E-state index in [0.29, 0.717) is 18.7 Å². The summed E-state index contributed by atoms with van der Waals surface area (Å²) in [6.45, 7) is 0.307. The van der Waals surface area contributed by atoms with Crippen LogP contribution < -0.4 is 4.90 Å². The zero-order chi connectivity index (χ0) is 24.3. The molecule has 0 fully saturated rings. The number of halogens is 5. The van der Waals surface area contributed by atoms with Crippen LogP contribution in [0.15, 0.2) is 53.3 Å². The third kappa shape index (κ3) is 3.42. The van der Waals surface area contributed by atoms with Gasteiger partial charge in [-0.3, -0.25) is 0 Å². The highest BCUT2D eigenvalue weighted by Crippen LogP contribution is 2.39. The predicted octanol–water partition coefficient (Wildman–Crippen LogP) is 4.56. The maximum Gasteiger partial charge on any atom is 0.418 e. The zero-order valence-corrected chi connectivity index (χ0v) is 17.6. The quantitative estimate of drug-likeness (QED) is 0.376. The average molecular weight is 487 g/mol. The number of nitrogens with zero attached hydrogens (tertiary/aromatic N) is 6. The summed E-state index contributed by atoms with van der Waals surface area (Å²) in [6.07, 6.45) is -1.20. The molecule has 4 aromatic heterocycles. The van der Waals surface area contributed by atoms with Crippen molar-refractivity contribution in [3.8, 4) is 11.5 Å². The number of pyridine rings is 1. The number of rotatable bonds is 3. The van der Waals surface area contributed by atoms with E-state index < -0.39 is 35.0 Å². The van der Waals surface area contributed by atoms with Gasteiger partial charge in [0.2, 0.25) is 0 Å². The van der Waals surface area contributed by atoms with Crippen LogP contribution in [0.1, 0.15) is 28.7 Å². The third-order valence-electron chi connectivity index (χ3n) is 5.87. The molecule has 0 bridgehead atoms. The summed E-state index contributed by atoms with van der Waals surface area (Å²) in [5, 5.41) is 12.1. The highest BCUT2D eigenvalue weighted by Gasteiger charge is 2.38. The van der Waals surface area contributed by atoms with Crippen molar-refractivity contribution in [2.24, 2.45) is 0 Å². The number of alkyl halides is 3. The van der Waals surface area contributed by atoms with Gasteiger partial charge in [0.15, 0.2) is 0 Å². The number of H-pyrrole nitrogens is 1. The van der Waals surface area contributed by atoms with E-state index in [2.05, 4.69) is 25.3 Å². The van der Waals surface area contributed by atoms with Gasteiger partial charge >= 0.3 is 12.2 Å². The normalized spacial score (nSPS) is 16.1. The first kappa shape index (κ1) is 21.3. The summed E-state index contributed by atoms with van der Waals surface area (Å²) in [4.78, 5) is 8.98. The molecule has 6 rings (SSSR count). The molecule has 0 aliphatic carbocycles. The molecule has 5 aromatic rings. The van der Waals surface area contributed by atoms with E-state index in [-0.39, 0.29) is 23.1 Å². The molecule has 1 aromatic carbocycles. The fourth-order valence-electron chi connectivity index (χ4n) is 4.32. The smallest absolute Gasteiger partial charge is 0.403 e. The van der Waals surface area contributed by atoms with Crippen LogP contribution in [0.25, 0.3) is 17.0 Å². The summed E-state index contributed by atoms with van der Waals surface area (Å²) >= 11 is 0. The number of hydrogen-bond donors (Lipinski definition) is 1. The fraction of sp³-hybridized carbons (Fsp3) is 0.182. The van der Waals surface area contributed by atoms with Crippen LogP contribution in [0.5, 0.6) is 0 Å². The molecule has 0 unspecified atom stereocenters. The molecule has 1 aliphatic heterocycles. The van der Waals surface area contributed by atoms with Crippen LogP contribution in [0, 0.1) is 11.6 Å². The molecule has 1 N–H and O–H groups in total. The van der Waals surface area contributed by atoms with Crippen molar-refractivity contribution >= 4 is 11.5 Å². The lowest BCUT2D eigenvalue weighted by Gasteiger charge is -2.32. The number of anilines is 1. The van der Waals surface area contributed by atoms with Crippen LogP contribution >= 0.6 is 0 Å². The molecular formula is C22H14F5N7O. The van der Waals surface area contributed by atoms with Crippen LogP contribution in [0.3, 0.4) is 0 Å². The van der Waals surface area contributed by atoms with E-state index >= 15 is 0 Å². The summed E-state index contributed by atoms with van der Waals surface area (Å²) in [5.41, 5.74) is 0.120. The number of aromatic nitrogens is 6. The molecule has 5 heterocycles. The lowest BCUT2D eigenvalue weighted by atomic mass is 10.00.